The smallest absolute Gasteiger partial charge is 0.263 e. The summed E-state index contributed by atoms with van der Waals surface area (Å²) in [5.74, 6) is -0.713. The van der Waals surface area contributed by atoms with E-state index in [1.807, 2.05) is 0 Å². The van der Waals surface area contributed by atoms with Gasteiger partial charge in [0.2, 0.25) is 0 Å². The summed E-state index contributed by atoms with van der Waals surface area (Å²) in [6.07, 6.45) is 1.43. The lowest BCUT2D eigenvalue weighted by Crippen LogP contribution is -2.14. The van der Waals surface area contributed by atoms with Crippen LogP contribution in [0.2, 0.25) is 0 Å². The van der Waals surface area contributed by atoms with Gasteiger partial charge < -0.3 is 5.32 Å². The molecule has 0 aliphatic carbocycles. The van der Waals surface area contributed by atoms with Gasteiger partial charge in [-0.1, -0.05) is 18.2 Å². The van der Waals surface area contributed by atoms with Gasteiger partial charge in [-0.15, -0.1) is 0 Å². The fourth-order valence-corrected chi connectivity index (χ4v) is 3.22. The highest BCUT2D eigenvalue weighted by molar-refractivity contribution is 7.92. The Morgan fingerprint density at radius 2 is 1.65 bits per heavy atom. The van der Waals surface area contributed by atoms with Gasteiger partial charge in [0.25, 0.3) is 10.0 Å². The molecule has 0 fully saturated rings. The summed E-state index contributed by atoms with van der Waals surface area (Å²) >= 11 is 0. The minimum atomic E-state index is -3.85. The minimum Gasteiger partial charge on any atom is -0.380 e. The lowest BCUT2D eigenvalue weighted by molar-refractivity contribution is 0.599. The molecule has 26 heavy (non-hydrogen) atoms. The van der Waals surface area contributed by atoms with Crippen molar-refractivity contribution in [1.82, 2.24) is 4.98 Å². The second-order valence-electron chi connectivity index (χ2n) is 5.44. The largest absolute Gasteiger partial charge is 0.380 e. The van der Waals surface area contributed by atoms with Crippen molar-refractivity contribution in [3.63, 3.8) is 0 Å². The molecule has 0 unspecified atom stereocenters. The van der Waals surface area contributed by atoms with Gasteiger partial charge in [-0.05, 0) is 42.5 Å². The van der Waals surface area contributed by atoms with Gasteiger partial charge in [0.15, 0.2) is 0 Å². The Kier molecular flexibility index (Phi) is 5.13. The van der Waals surface area contributed by atoms with E-state index in [4.69, 9.17) is 0 Å². The number of nitrogens with one attached hydrogen (secondary N) is 2. The molecule has 0 spiro atoms. The number of halogens is 2. The van der Waals surface area contributed by atoms with Crippen molar-refractivity contribution in [2.24, 2.45) is 0 Å². The molecule has 3 rings (SSSR count). The van der Waals surface area contributed by atoms with E-state index in [-0.39, 0.29) is 23.1 Å². The zero-order chi connectivity index (χ0) is 18.6. The van der Waals surface area contributed by atoms with Crippen LogP contribution >= 0.6 is 0 Å². The van der Waals surface area contributed by atoms with E-state index in [0.29, 0.717) is 11.3 Å². The average molecular weight is 375 g/mol. The van der Waals surface area contributed by atoms with Gasteiger partial charge >= 0.3 is 0 Å². The van der Waals surface area contributed by atoms with Crippen molar-refractivity contribution in [2.45, 2.75) is 11.4 Å². The van der Waals surface area contributed by atoms with Crippen LogP contribution in [0.3, 0.4) is 0 Å². The summed E-state index contributed by atoms with van der Waals surface area (Å²) in [6, 6.07) is 14.0. The van der Waals surface area contributed by atoms with E-state index < -0.39 is 15.8 Å². The highest BCUT2D eigenvalue weighted by atomic mass is 32.2. The predicted octanol–water partition coefficient (Wildman–Crippen LogP) is 3.77. The second kappa shape index (κ2) is 7.49. The summed E-state index contributed by atoms with van der Waals surface area (Å²) in [6.45, 7) is 0.273. The molecular formula is C18H15F2N3O2S. The maximum absolute atomic E-state index is 13.6. The summed E-state index contributed by atoms with van der Waals surface area (Å²) in [4.78, 5) is 3.95. The topological polar surface area (TPSA) is 71.1 Å². The van der Waals surface area contributed by atoms with E-state index >= 15 is 0 Å². The summed E-state index contributed by atoms with van der Waals surface area (Å²) in [7, 11) is -3.85. The number of sulfonamides is 1. The average Bonchev–Trinajstić information content (AvgIpc) is 2.62. The molecule has 0 amide bonds. The Balaban J connectivity index is 1.66. The molecule has 0 atom stereocenters. The number of hydrogen-bond donors (Lipinski definition) is 2. The van der Waals surface area contributed by atoms with Crippen molar-refractivity contribution in [3.05, 3.63) is 84.1 Å². The molecule has 3 aromatic rings. The van der Waals surface area contributed by atoms with E-state index in [2.05, 4.69) is 15.0 Å². The molecule has 0 aliphatic rings. The minimum absolute atomic E-state index is 0.0672. The number of aromatic nitrogens is 1. The highest BCUT2D eigenvalue weighted by Crippen LogP contribution is 2.17. The third-order valence-corrected chi connectivity index (χ3v) is 4.94. The Morgan fingerprint density at radius 1 is 0.923 bits per heavy atom. The van der Waals surface area contributed by atoms with Gasteiger partial charge in [-0.2, -0.15) is 0 Å². The second-order valence-corrected chi connectivity index (χ2v) is 7.12. The molecule has 8 heteroatoms. The summed E-state index contributed by atoms with van der Waals surface area (Å²) in [5.41, 5.74) is 1.12. The number of anilines is 2. The molecule has 0 aliphatic heterocycles. The SMILES string of the molecule is O=S(=O)(Nc1ccc(NCc2ccccc2F)cn1)c1ccc(F)cc1. The van der Waals surface area contributed by atoms with Gasteiger partial charge in [0, 0.05) is 12.1 Å². The quantitative estimate of drug-likeness (QED) is 0.688. The number of pyridine rings is 1. The van der Waals surface area contributed by atoms with Crippen LogP contribution in [0.5, 0.6) is 0 Å². The van der Waals surface area contributed by atoms with Crippen LogP contribution < -0.4 is 10.0 Å². The molecule has 0 radical (unpaired) electrons. The Hall–Kier alpha value is -3.00. The first-order valence-electron chi connectivity index (χ1n) is 7.66. The molecule has 134 valence electrons. The first-order valence-corrected chi connectivity index (χ1v) is 9.14. The molecule has 2 N–H and O–H groups in total. The van der Waals surface area contributed by atoms with Crippen molar-refractivity contribution in [2.75, 3.05) is 10.0 Å². The lowest BCUT2D eigenvalue weighted by Gasteiger charge is -2.10. The maximum Gasteiger partial charge on any atom is 0.263 e. The fourth-order valence-electron chi connectivity index (χ4n) is 2.21. The number of hydrogen-bond acceptors (Lipinski definition) is 4. The maximum atomic E-state index is 13.6. The molecule has 0 saturated heterocycles. The Labute approximate surface area is 149 Å². The van der Waals surface area contributed by atoms with E-state index in [0.717, 1.165) is 12.1 Å². The molecule has 0 saturated carbocycles. The number of benzene rings is 2. The first-order chi connectivity index (χ1) is 12.4. The Bertz CT molecular complexity index is 992. The van der Waals surface area contributed by atoms with Gasteiger partial charge in [-0.25, -0.2) is 22.2 Å². The normalized spacial score (nSPS) is 11.2. The predicted molar refractivity (Wildman–Crippen MR) is 95.2 cm³/mol. The lowest BCUT2D eigenvalue weighted by atomic mass is 10.2. The van der Waals surface area contributed by atoms with Gasteiger partial charge in [0.05, 0.1) is 16.8 Å². The van der Waals surface area contributed by atoms with Gasteiger partial charge in [-0.3, -0.25) is 4.72 Å². The van der Waals surface area contributed by atoms with Crippen LogP contribution in [0.4, 0.5) is 20.3 Å². The van der Waals surface area contributed by atoms with Crippen LogP contribution in [0.25, 0.3) is 0 Å². The fraction of sp³-hybridized carbons (Fsp3) is 0.0556. The molecule has 5 nitrogen and oxygen atoms in total. The number of rotatable bonds is 6. The van der Waals surface area contributed by atoms with Crippen LogP contribution in [-0.4, -0.2) is 13.4 Å². The summed E-state index contributed by atoms with van der Waals surface area (Å²) < 4.78 is 53.2. The van der Waals surface area contributed by atoms with Crippen molar-refractivity contribution in [1.29, 1.82) is 0 Å². The molecular weight excluding hydrogens is 360 g/mol. The van der Waals surface area contributed by atoms with E-state index in [9.17, 15) is 17.2 Å². The van der Waals surface area contributed by atoms with E-state index in [1.54, 1.807) is 24.3 Å². The summed E-state index contributed by atoms with van der Waals surface area (Å²) in [5, 5.41) is 3.01. The molecule has 0 bridgehead atoms. The monoisotopic (exact) mass is 375 g/mol. The number of nitrogens with zero attached hydrogens (tertiary/aromatic N) is 1. The van der Waals surface area contributed by atoms with Crippen LogP contribution in [0.15, 0.2) is 71.8 Å². The molecule has 1 heterocycles. The standard InChI is InChI=1S/C18H15F2N3O2S/c19-14-5-8-16(9-6-14)26(24,25)23-18-10-7-15(12-22-18)21-11-13-3-1-2-4-17(13)20/h1-10,12,21H,11H2,(H,22,23). The van der Waals surface area contributed by atoms with Gasteiger partial charge in [0.1, 0.15) is 17.5 Å². The molecule has 1 aromatic heterocycles. The third-order valence-electron chi connectivity index (χ3n) is 3.57. The molecule has 2 aromatic carbocycles. The van der Waals surface area contributed by atoms with Crippen LogP contribution in [-0.2, 0) is 16.6 Å². The van der Waals surface area contributed by atoms with Crippen molar-refractivity contribution < 1.29 is 17.2 Å². The van der Waals surface area contributed by atoms with Crippen molar-refractivity contribution >= 4 is 21.5 Å². The zero-order valence-electron chi connectivity index (χ0n) is 13.5. The third kappa shape index (κ3) is 4.34. The zero-order valence-corrected chi connectivity index (χ0v) is 14.3. The Morgan fingerprint density at radius 3 is 2.31 bits per heavy atom. The van der Waals surface area contributed by atoms with Crippen LogP contribution in [0.1, 0.15) is 5.56 Å². The van der Waals surface area contributed by atoms with Crippen molar-refractivity contribution in [3.8, 4) is 0 Å². The first kappa shape index (κ1) is 17.8. The van der Waals surface area contributed by atoms with Crippen LogP contribution in [0, 0.1) is 11.6 Å². The highest BCUT2D eigenvalue weighted by Gasteiger charge is 2.14. The van der Waals surface area contributed by atoms with E-state index in [1.165, 1.54) is 30.5 Å².